The Morgan fingerprint density at radius 2 is 1.90 bits per heavy atom. The Morgan fingerprint density at radius 1 is 1.10 bits per heavy atom. The number of aromatic nitrogens is 3. The van der Waals surface area contributed by atoms with Crippen LogP contribution in [-0.4, -0.2) is 64.9 Å². The van der Waals surface area contributed by atoms with Crippen LogP contribution in [0, 0.1) is 11.6 Å². The van der Waals surface area contributed by atoms with E-state index < -0.39 is 17.5 Å². The average Bonchev–Trinajstić information content (AvgIpc) is 3.77. The topological polar surface area (TPSA) is 125 Å². The first-order valence-corrected chi connectivity index (χ1v) is 17.2. The number of halogens is 2. The van der Waals surface area contributed by atoms with Gasteiger partial charge in [-0.1, -0.05) is 38.6 Å². The van der Waals surface area contributed by atoms with Gasteiger partial charge < -0.3 is 25.4 Å². The summed E-state index contributed by atoms with van der Waals surface area (Å²) in [6.07, 6.45) is 1.29. The zero-order valence-electron chi connectivity index (χ0n) is 28.5. The highest BCUT2D eigenvalue weighted by molar-refractivity contribution is 7.18. The summed E-state index contributed by atoms with van der Waals surface area (Å²) in [6, 6.07) is 13.2. The van der Waals surface area contributed by atoms with Gasteiger partial charge in [-0.3, -0.25) is 14.3 Å². The van der Waals surface area contributed by atoms with Crippen LogP contribution in [0.3, 0.4) is 0 Å². The number of amides is 2. The van der Waals surface area contributed by atoms with E-state index in [2.05, 4.69) is 11.9 Å². The minimum Gasteiger partial charge on any atom is -0.490 e. The molecule has 2 aromatic carbocycles. The summed E-state index contributed by atoms with van der Waals surface area (Å²) < 4.78 is 44.3. The molecule has 13 heteroatoms. The number of methoxy groups -OCH3 is 1. The van der Waals surface area contributed by atoms with Crippen LogP contribution in [0.2, 0.25) is 0 Å². The summed E-state index contributed by atoms with van der Waals surface area (Å²) in [5.74, 6) is -2.22. The molecule has 10 nitrogen and oxygen atoms in total. The zero-order chi connectivity index (χ0) is 35.9. The van der Waals surface area contributed by atoms with E-state index in [4.69, 9.17) is 25.3 Å². The van der Waals surface area contributed by atoms with Gasteiger partial charge in [-0.15, -0.1) is 11.3 Å². The van der Waals surface area contributed by atoms with E-state index in [0.717, 1.165) is 34.3 Å². The van der Waals surface area contributed by atoms with Crippen molar-refractivity contribution in [3.05, 3.63) is 89.5 Å². The molecule has 0 radical (unpaired) electrons. The van der Waals surface area contributed by atoms with Crippen LogP contribution in [0.5, 0.6) is 5.75 Å². The smallest absolute Gasteiger partial charge is 0.246 e. The molecule has 0 fully saturated rings. The number of fused-ring (bicyclic) bond motifs is 2. The highest BCUT2D eigenvalue weighted by Crippen LogP contribution is 2.47. The Kier molecular flexibility index (Phi) is 11.7. The summed E-state index contributed by atoms with van der Waals surface area (Å²) in [5.41, 5.74) is 9.71. The third kappa shape index (κ3) is 7.44. The van der Waals surface area contributed by atoms with E-state index >= 15 is 4.39 Å². The minimum absolute atomic E-state index is 0.0117. The van der Waals surface area contributed by atoms with E-state index in [9.17, 15) is 14.0 Å². The van der Waals surface area contributed by atoms with Crippen LogP contribution in [-0.2, 0) is 27.4 Å². The fourth-order valence-corrected chi connectivity index (χ4v) is 6.95. The predicted molar refractivity (Wildman–Crippen MR) is 192 cm³/mol. The molecule has 5 aromatic rings. The van der Waals surface area contributed by atoms with Crippen molar-refractivity contribution in [1.82, 2.24) is 25.0 Å². The molecule has 262 valence electrons. The fourth-order valence-electron chi connectivity index (χ4n) is 6.00. The van der Waals surface area contributed by atoms with Crippen molar-refractivity contribution in [3.8, 4) is 39.5 Å². The van der Waals surface area contributed by atoms with Gasteiger partial charge in [0.25, 0.3) is 0 Å². The number of primary amides is 1. The van der Waals surface area contributed by atoms with Gasteiger partial charge in [0.05, 0.1) is 42.7 Å². The maximum atomic E-state index is 16.1. The number of pyridine rings is 1. The Hall–Kier alpha value is -4.98. The minimum atomic E-state index is -0.810. The van der Waals surface area contributed by atoms with E-state index in [1.807, 2.05) is 67.2 Å². The molecule has 3 N–H and O–H groups in total. The third-order valence-corrected chi connectivity index (χ3v) is 9.14. The number of nitrogens with two attached hydrogens (primary N) is 1. The molecule has 4 heterocycles. The van der Waals surface area contributed by atoms with Crippen molar-refractivity contribution < 1.29 is 27.8 Å². The van der Waals surface area contributed by atoms with Gasteiger partial charge in [0.15, 0.2) is 0 Å². The van der Waals surface area contributed by atoms with Crippen LogP contribution < -0.4 is 15.8 Å². The maximum absolute atomic E-state index is 16.1. The Morgan fingerprint density at radius 3 is 2.64 bits per heavy atom. The van der Waals surface area contributed by atoms with Crippen LogP contribution in [0.1, 0.15) is 38.1 Å². The average molecular weight is 703 g/mol. The first-order valence-electron chi connectivity index (χ1n) is 16.3. The summed E-state index contributed by atoms with van der Waals surface area (Å²) in [6.45, 7) is 11.2. The molecule has 0 bridgehead atoms. The lowest BCUT2D eigenvalue weighted by Crippen LogP contribution is -2.40. The van der Waals surface area contributed by atoms with E-state index in [0.29, 0.717) is 47.0 Å². The van der Waals surface area contributed by atoms with Crippen molar-refractivity contribution >= 4 is 33.2 Å². The molecule has 0 saturated heterocycles. The lowest BCUT2D eigenvalue weighted by molar-refractivity contribution is -0.129. The van der Waals surface area contributed by atoms with Crippen molar-refractivity contribution in [1.29, 1.82) is 0 Å². The van der Waals surface area contributed by atoms with Gasteiger partial charge >= 0.3 is 0 Å². The van der Waals surface area contributed by atoms with Crippen molar-refractivity contribution in [3.63, 3.8) is 0 Å². The fraction of sp³-hybridized carbons (Fsp3) is 0.297. The number of ether oxygens (including phenoxy) is 2. The molecular formula is C37H40F2N6O4S. The predicted octanol–water partition coefficient (Wildman–Crippen LogP) is 6.49. The number of hydrogen-bond donors (Lipinski definition) is 2. The first kappa shape index (κ1) is 36.3. The summed E-state index contributed by atoms with van der Waals surface area (Å²) >= 11 is 1.40. The van der Waals surface area contributed by atoms with Crippen molar-refractivity contribution in [2.75, 3.05) is 33.4 Å². The molecule has 1 atom stereocenters. The number of nitrogens with one attached hydrogen (secondary N) is 1. The number of carbonyl (C=O) groups is 2. The second-order valence-corrected chi connectivity index (χ2v) is 12.2. The number of hydrogen-bond acceptors (Lipinski definition) is 8. The lowest BCUT2D eigenvalue weighted by atomic mass is 9.96. The zero-order valence-corrected chi connectivity index (χ0v) is 29.3. The molecule has 1 unspecified atom stereocenters. The molecule has 0 saturated carbocycles. The van der Waals surface area contributed by atoms with Crippen molar-refractivity contribution in [2.45, 2.75) is 39.9 Å². The highest BCUT2D eigenvalue weighted by atomic mass is 32.1. The van der Waals surface area contributed by atoms with Crippen LogP contribution in [0.25, 0.3) is 43.9 Å². The number of rotatable bonds is 12. The Balaban J connectivity index is 0.00000239. The molecule has 0 aliphatic carbocycles. The number of nitrogens with zero attached hydrogens (tertiary/aromatic N) is 4. The first-order chi connectivity index (χ1) is 24.2. The van der Waals surface area contributed by atoms with Gasteiger partial charge in [0.1, 0.15) is 35.4 Å². The maximum Gasteiger partial charge on any atom is 0.246 e. The van der Waals surface area contributed by atoms with E-state index in [1.54, 1.807) is 4.90 Å². The molecule has 2 amide bonds. The van der Waals surface area contributed by atoms with E-state index in [1.165, 1.54) is 24.5 Å². The van der Waals surface area contributed by atoms with Crippen LogP contribution in [0.15, 0.2) is 66.6 Å². The molecule has 3 aromatic heterocycles. The largest absolute Gasteiger partial charge is 0.490 e. The number of carbonyl (C=O) groups excluding carboxylic acids is 2. The van der Waals surface area contributed by atoms with Gasteiger partial charge in [-0.05, 0) is 42.1 Å². The number of thiophene rings is 1. The standard InChI is InChI=1S/C35H34F2N6O4S.C2H6/c1-4-30(45)42-9-10-43-27(20(42)2)17-26(41-43)34-32(31-25(37)15-23(36)16-28(31)47-12-11-46-3)35-24(8-13-48-35)33(40-34)22-7-5-6-21(14-22)18-39-19-29(38)44;1-2/h4-8,13-17,20,39H,1,9-12,18-19H2,2-3H3,(H2,38,44);1-2H3. The van der Waals surface area contributed by atoms with Gasteiger partial charge in [0.2, 0.25) is 11.8 Å². The SMILES string of the molecule is C=CC(=O)N1CCn2nc(-c3nc(-c4cccc(CNCC(N)=O)c4)c4ccsc4c3-c3c(F)cc(F)cc3OCCOC)cc2C1C.CC. The molecule has 0 spiro atoms. The van der Waals surface area contributed by atoms with E-state index in [-0.39, 0.29) is 43.0 Å². The molecule has 1 aliphatic rings. The summed E-state index contributed by atoms with van der Waals surface area (Å²) in [5, 5.41) is 10.6. The van der Waals surface area contributed by atoms with Crippen LogP contribution in [0.4, 0.5) is 8.78 Å². The van der Waals surface area contributed by atoms with Gasteiger partial charge in [-0.2, -0.15) is 5.10 Å². The highest BCUT2D eigenvalue weighted by Gasteiger charge is 2.31. The molecule has 6 rings (SSSR count). The number of benzene rings is 2. The molecular weight excluding hydrogens is 663 g/mol. The Labute approximate surface area is 293 Å². The normalized spacial score (nSPS) is 13.8. The monoisotopic (exact) mass is 702 g/mol. The summed E-state index contributed by atoms with van der Waals surface area (Å²) in [7, 11) is 1.51. The van der Waals surface area contributed by atoms with Gasteiger partial charge in [-0.25, -0.2) is 13.8 Å². The van der Waals surface area contributed by atoms with Gasteiger partial charge in [0, 0.05) is 53.5 Å². The van der Waals surface area contributed by atoms with Crippen molar-refractivity contribution in [2.24, 2.45) is 5.73 Å². The molecule has 50 heavy (non-hydrogen) atoms. The summed E-state index contributed by atoms with van der Waals surface area (Å²) in [4.78, 5) is 30.8. The quantitative estimate of drug-likeness (QED) is 0.113. The molecule has 1 aliphatic heterocycles. The second kappa shape index (κ2) is 16.2. The third-order valence-electron chi connectivity index (χ3n) is 8.21. The Bertz CT molecular complexity index is 2030. The lowest BCUT2D eigenvalue weighted by Gasteiger charge is -2.33. The second-order valence-electron chi connectivity index (χ2n) is 11.3. The van der Waals surface area contributed by atoms with Crippen LogP contribution >= 0.6 is 11.3 Å².